The average molecular weight is 203 g/mol. The number of nitrogens with zero attached hydrogens (tertiary/aromatic N) is 1. The summed E-state index contributed by atoms with van der Waals surface area (Å²) >= 11 is 0. The molecule has 0 aliphatic heterocycles. The van der Waals surface area contributed by atoms with Gasteiger partial charge in [0.15, 0.2) is 0 Å². The molecule has 0 fully saturated rings. The Hall–Kier alpha value is -1.77. The topological polar surface area (TPSA) is 35.3 Å². The molecule has 0 saturated carbocycles. The van der Waals surface area contributed by atoms with E-state index in [1.54, 1.807) is 13.4 Å². The third-order valence-electron chi connectivity index (χ3n) is 2.48. The van der Waals surface area contributed by atoms with Crippen LogP contribution in [0.5, 0.6) is 5.75 Å². The van der Waals surface area contributed by atoms with Gasteiger partial charge in [-0.3, -0.25) is 0 Å². The molecule has 3 heteroatoms. The molecule has 0 saturated heterocycles. The van der Waals surface area contributed by atoms with Gasteiger partial charge in [-0.25, -0.2) is 0 Å². The van der Waals surface area contributed by atoms with Crippen molar-refractivity contribution < 1.29 is 9.26 Å². The molecule has 0 radical (unpaired) electrons. The fourth-order valence-corrected chi connectivity index (χ4v) is 1.57. The maximum absolute atomic E-state index is 5.20. The lowest BCUT2D eigenvalue weighted by molar-refractivity contribution is 0.414. The maximum Gasteiger partial charge on any atom is 0.131 e. The largest absolute Gasteiger partial charge is 0.497 e. The van der Waals surface area contributed by atoms with E-state index in [0.717, 1.165) is 22.6 Å². The summed E-state index contributed by atoms with van der Waals surface area (Å²) in [6.45, 7) is 3.99. The molecular weight excluding hydrogens is 190 g/mol. The van der Waals surface area contributed by atoms with Gasteiger partial charge < -0.3 is 9.26 Å². The molecule has 0 N–H and O–H groups in total. The molecule has 0 bridgehead atoms. The van der Waals surface area contributed by atoms with E-state index in [1.165, 1.54) is 5.56 Å². The van der Waals surface area contributed by atoms with Gasteiger partial charge in [0.05, 0.1) is 12.8 Å². The van der Waals surface area contributed by atoms with E-state index < -0.39 is 0 Å². The number of benzene rings is 1. The first-order valence-electron chi connectivity index (χ1n) is 4.78. The van der Waals surface area contributed by atoms with Crippen LogP contribution in [0, 0.1) is 13.8 Å². The van der Waals surface area contributed by atoms with Gasteiger partial charge in [0.2, 0.25) is 0 Å². The summed E-state index contributed by atoms with van der Waals surface area (Å²) in [5, 5.41) is 3.87. The van der Waals surface area contributed by atoms with E-state index in [1.807, 2.05) is 25.1 Å². The van der Waals surface area contributed by atoms with Crippen LogP contribution in [-0.2, 0) is 0 Å². The molecular formula is C12H13NO2. The Morgan fingerprint density at radius 2 is 2.00 bits per heavy atom. The fourth-order valence-electron chi connectivity index (χ4n) is 1.57. The Morgan fingerprint density at radius 1 is 1.20 bits per heavy atom. The highest BCUT2D eigenvalue weighted by Crippen LogP contribution is 2.29. The molecule has 1 aromatic heterocycles. The van der Waals surface area contributed by atoms with Crippen molar-refractivity contribution in [1.29, 1.82) is 0 Å². The highest BCUT2D eigenvalue weighted by atomic mass is 16.5. The van der Waals surface area contributed by atoms with Gasteiger partial charge in [0, 0.05) is 5.56 Å². The van der Waals surface area contributed by atoms with Gasteiger partial charge in [0.25, 0.3) is 0 Å². The minimum absolute atomic E-state index is 0.844. The van der Waals surface area contributed by atoms with Crippen LogP contribution in [0.4, 0.5) is 0 Å². The number of hydrogen-bond donors (Lipinski definition) is 0. The van der Waals surface area contributed by atoms with Crippen molar-refractivity contribution >= 4 is 0 Å². The Bertz CT molecular complexity index is 474. The summed E-state index contributed by atoms with van der Waals surface area (Å²) < 4.78 is 10.1. The van der Waals surface area contributed by atoms with Crippen LogP contribution < -0.4 is 4.74 Å². The molecule has 0 amide bonds. The first-order chi connectivity index (χ1) is 7.22. The zero-order valence-corrected chi connectivity index (χ0v) is 9.07. The summed E-state index contributed by atoms with van der Waals surface area (Å²) in [5.41, 5.74) is 4.20. The molecule has 0 unspecified atom stereocenters. The molecule has 2 aromatic rings. The molecule has 0 aliphatic rings. The SMILES string of the molecule is COc1ccc(C)c(-c2conc2C)c1. The maximum atomic E-state index is 5.20. The van der Waals surface area contributed by atoms with Crippen LogP contribution in [0.15, 0.2) is 29.0 Å². The van der Waals surface area contributed by atoms with Crippen LogP contribution >= 0.6 is 0 Å². The average Bonchev–Trinajstić information content (AvgIpc) is 2.65. The summed E-state index contributed by atoms with van der Waals surface area (Å²) in [6, 6.07) is 5.97. The smallest absolute Gasteiger partial charge is 0.131 e. The number of hydrogen-bond acceptors (Lipinski definition) is 3. The van der Waals surface area contributed by atoms with Crippen LogP contribution in [0.25, 0.3) is 11.1 Å². The van der Waals surface area contributed by atoms with Crippen molar-refractivity contribution in [3.63, 3.8) is 0 Å². The van der Waals surface area contributed by atoms with Crippen LogP contribution in [0.1, 0.15) is 11.3 Å². The fraction of sp³-hybridized carbons (Fsp3) is 0.250. The Labute approximate surface area is 88.7 Å². The van der Waals surface area contributed by atoms with Gasteiger partial charge in [-0.15, -0.1) is 0 Å². The number of rotatable bonds is 2. The van der Waals surface area contributed by atoms with E-state index in [2.05, 4.69) is 12.1 Å². The third kappa shape index (κ3) is 1.73. The van der Waals surface area contributed by atoms with Gasteiger partial charge in [-0.2, -0.15) is 0 Å². The predicted octanol–water partition coefficient (Wildman–Crippen LogP) is 2.97. The Kier molecular flexibility index (Phi) is 2.46. The molecule has 1 aromatic carbocycles. The van der Waals surface area contributed by atoms with E-state index in [9.17, 15) is 0 Å². The van der Waals surface area contributed by atoms with Crippen LogP contribution in [0.2, 0.25) is 0 Å². The number of methoxy groups -OCH3 is 1. The second-order valence-corrected chi connectivity index (χ2v) is 3.49. The third-order valence-corrected chi connectivity index (χ3v) is 2.48. The first-order valence-corrected chi connectivity index (χ1v) is 4.78. The van der Waals surface area contributed by atoms with E-state index >= 15 is 0 Å². The number of aromatic nitrogens is 1. The number of ether oxygens (including phenoxy) is 1. The molecule has 15 heavy (non-hydrogen) atoms. The lowest BCUT2D eigenvalue weighted by Gasteiger charge is -2.06. The highest BCUT2D eigenvalue weighted by Gasteiger charge is 2.09. The van der Waals surface area contributed by atoms with Gasteiger partial charge in [-0.1, -0.05) is 11.2 Å². The lowest BCUT2D eigenvalue weighted by Crippen LogP contribution is -1.87. The van der Waals surface area contributed by atoms with Crippen molar-refractivity contribution in [3.05, 3.63) is 35.7 Å². The Balaban J connectivity index is 2.56. The molecule has 78 valence electrons. The van der Waals surface area contributed by atoms with Crippen LogP contribution in [0.3, 0.4) is 0 Å². The van der Waals surface area contributed by atoms with Gasteiger partial charge in [-0.05, 0) is 37.1 Å². The second kappa shape index (κ2) is 3.77. The van der Waals surface area contributed by atoms with Crippen molar-refractivity contribution in [3.8, 4) is 16.9 Å². The number of aryl methyl sites for hydroxylation is 2. The van der Waals surface area contributed by atoms with Crippen LogP contribution in [-0.4, -0.2) is 12.3 Å². The van der Waals surface area contributed by atoms with Gasteiger partial charge in [0.1, 0.15) is 12.0 Å². The normalized spacial score (nSPS) is 10.3. The van der Waals surface area contributed by atoms with Crippen molar-refractivity contribution in [1.82, 2.24) is 5.16 Å². The quantitative estimate of drug-likeness (QED) is 0.752. The Morgan fingerprint density at radius 3 is 2.60 bits per heavy atom. The van der Waals surface area contributed by atoms with E-state index in [-0.39, 0.29) is 0 Å². The van der Waals surface area contributed by atoms with Crippen molar-refractivity contribution in [2.24, 2.45) is 0 Å². The van der Waals surface area contributed by atoms with E-state index in [4.69, 9.17) is 9.26 Å². The first kappa shape index (κ1) is 9.77. The molecule has 2 rings (SSSR count). The minimum Gasteiger partial charge on any atom is -0.497 e. The minimum atomic E-state index is 0.844. The molecule has 0 spiro atoms. The lowest BCUT2D eigenvalue weighted by atomic mass is 10.0. The van der Waals surface area contributed by atoms with E-state index in [0.29, 0.717) is 0 Å². The molecule has 0 aliphatic carbocycles. The zero-order chi connectivity index (χ0) is 10.8. The summed E-state index contributed by atoms with van der Waals surface area (Å²) in [7, 11) is 1.66. The summed E-state index contributed by atoms with van der Waals surface area (Å²) in [5.74, 6) is 0.844. The van der Waals surface area contributed by atoms with Crippen molar-refractivity contribution in [2.75, 3.05) is 7.11 Å². The monoisotopic (exact) mass is 203 g/mol. The predicted molar refractivity (Wildman–Crippen MR) is 58.0 cm³/mol. The summed E-state index contributed by atoms with van der Waals surface area (Å²) in [6.07, 6.45) is 1.66. The molecule has 1 heterocycles. The molecule has 0 atom stereocenters. The summed E-state index contributed by atoms with van der Waals surface area (Å²) in [4.78, 5) is 0. The van der Waals surface area contributed by atoms with Gasteiger partial charge >= 0.3 is 0 Å². The second-order valence-electron chi connectivity index (χ2n) is 3.49. The van der Waals surface area contributed by atoms with Crippen molar-refractivity contribution in [2.45, 2.75) is 13.8 Å². The standard InChI is InChI=1S/C12H13NO2/c1-8-4-5-10(14-3)6-11(8)12-7-15-13-9(12)2/h4-7H,1-3H3. The molecule has 3 nitrogen and oxygen atoms in total. The highest BCUT2D eigenvalue weighted by molar-refractivity contribution is 5.69. The zero-order valence-electron chi connectivity index (χ0n) is 9.07.